The number of aryl methyl sites for hydroxylation is 1. The summed E-state index contributed by atoms with van der Waals surface area (Å²) < 4.78 is 13.0. The summed E-state index contributed by atoms with van der Waals surface area (Å²) in [5.74, 6) is -0.0164. The fourth-order valence-corrected chi connectivity index (χ4v) is 3.39. The van der Waals surface area contributed by atoms with E-state index in [0.29, 0.717) is 12.8 Å². The molecule has 26 heavy (non-hydrogen) atoms. The number of amides is 1. The first-order valence-corrected chi connectivity index (χ1v) is 9.20. The van der Waals surface area contributed by atoms with Gasteiger partial charge in [-0.1, -0.05) is 30.3 Å². The molecule has 4 nitrogen and oxygen atoms in total. The Balaban J connectivity index is 1.49. The highest BCUT2D eigenvalue weighted by atomic mass is 19.1. The van der Waals surface area contributed by atoms with Gasteiger partial charge in [0, 0.05) is 44.8 Å². The van der Waals surface area contributed by atoms with Gasteiger partial charge in [-0.25, -0.2) is 4.39 Å². The third kappa shape index (κ3) is 5.05. The average Bonchev–Trinajstić information content (AvgIpc) is 2.88. The largest absolute Gasteiger partial charge is 0.399 e. The van der Waals surface area contributed by atoms with Gasteiger partial charge in [0.15, 0.2) is 0 Å². The number of nitrogen functional groups attached to an aromatic ring is 1. The van der Waals surface area contributed by atoms with Crippen LogP contribution in [0.15, 0.2) is 48.5 Å². The second kappa shape index (κ2) is 8.81. The molecule has 5 heteroatoms. The van der Waals surface area contributed by atoms with Crippen molar-refractivity contribution >= 4 is 11.6 Å². The van der Waals surface area contributed by atoms with Crippen molar-refractivity contribution in [3.8, 4) is 0 Å². The van der Waals surface area contributed by atoms with Crippen LogP contribution in [-0.2, 0) is 17.8 Å². The second-order valence-electron chi connectivity index (χ2n) is 6.84. The van der Waals surface area contributed by atoms with Crippen LogP contribution in [0, 0.1) is 5.82 Å². The van der Waals surface area contributed by atoms with Crippen LogP contribution in [0.4, 0.5) is 10.1 Å². The normalized spacial score (nSPS) is 15.7. The van der Waals surface area contributed by atoms with Gasteiger partial charge in [-0.2, -0.15) is 0 Å². The molecule has 138 valence electrons. The zero-order valence-corrected chi connectivity index (χ0v) is 15.0. The number of nitrogens with zero attached hydrogens (tertiary/aromatic N) is 2. The highest BCUT2D eigenvalue weighted by Crippen LogP contribution is 2.15. The Morgan fingerprint density at radius 2 is 1.77 bits per heavy atom. The van der Waals surface area contributed by atoms with Gasteiger partial charge in [0.1, 0.15) is 5.82 Å². The number of nitrogens with two attached hydrogens (primary N) is 1. The molecule has 1 aliphatic rings. The zero-order chi connectivity index (χ0) is 18.4. The van der Waals surface area contributed by atoms with Crippen molar-refractivity contribution in [2.75, 3.05) is 31.9 Å². The predicted octanol–water partition coefficient (Wildman–Crippen LogP) is 3.08. The molecule has 1 aliphatic heterocycles. The molecule has 0 spiro atoms. The minimum atomic E-state index is -0.208. The molecule has 0 radical (unpaired) electrons. The van der Waals surface area contributed by atoms with Crippen LogP contribution < -0.4 is 5.73 Å². The third-order valence-electron chi connectivity index (χ3n) is 4.92. The molecular formula is C21H26FN3O. The molecule has 0 atom stereocenters. The first-order valence-electron chi connectivity index (χ1n) is 9.20. The van der Waals surface area contributed by atoms with Crippen molar-refractivity contribution < 1.29 is 9.18 Å². The van der Waals surface area contributed by atoms with Crippen LogP contribution in [0.25, 0.3) is 0 Å². The molecule has 0 aromatic heterocycles. The maximum atomic E-state index is 13.0. The minimum Gasteiger partial charge on any atom is -0.399 e. The number of rotatable bonds is 5. The van der Waals surface area contributed by atoms with Gasteiger partial charge in [0.25, 0.3) is 0 Å². The van der Waals surface area contributed by atoms with E-state index in [9.17, 15) is 9.18 Å². The summed E-state index contributed by atoms with van der Waals surface area (Å²) in [7, 11) is 0. The number of carbonyl (C=O) groups excluding carboxylic acids is 1. The van der Waals surface area contributed by atoms with Crippen molar-refractivity contribution in [2.24, 2.45) is 0 Å². The number of halogens is 1. The highest BCUT2D eigenvalue weighted by molar-refractivity contribution is 5.76. The van der Waals surface area contributed by atoms with E-state index >= 15 is 0 Å². The van der Waals surface area contributed by atoms with Gasteiger partial charge in [0.05, 0.1) is 0 Å². The molecule has 1 amide bonds. The Bertz CT molecular complexity index is 732. The molecule has 3 rings (SSSR count). The Labute approximate surface area is 154 Å². The number of anilines is 1. The van der Waals surface area contributed by atoms with Gasteiger partial charge in [-0.05, 0) is 42.2 Å². The Morgan fingerprint density at radius 3 is 2.54 bits per heavy atom. The number of para-hydroxylation sites is 1. The number of benzene rings is 2. The summed E-state index contributed by atoms with van der Waals surface area (Å²) in [5.41, 5.74) is 8.85. The third-order valence-corrected chi connectivity index (χ3v) is 4.92. The van der Waals surface area contributed by atoms with Gasteiger partial charge >= 0.3 is 0 Å². The molecule has 2 aromatic carbocycles. The minimum absolute atomic E-state index is 0.192. The molecule has 2 N–H and O–H groups in total. The van der Waals surface area contributed by atoms with E-state index in [1.165, 1.54) is 12.1 Å². The maximum Gasteiger partial charge on any atom is 0.222 e. The Kier molecular flexibility index (Phi) is 6.23. The molecule has 1 fully saturated rings. The van der Waals surface area contributed by atoms with Crippen LogP contribution in [0.5, 0.6) is 0 Å². The second-order valence-corrected chi connectivity index (χ2v) is 6.84. The Hall–Kier alpha value is -2.40. The topological polar surface area (TPSA) is 49.6 Å². The van der Waals surface area contributed by atoms with Crippen LogP contribution in [-0.4, -0.2) is 41.9 Å². The van der Waals surface area contributed by atoms with E-state index in [1.807, 2.05) is 41.3 Å². The SMILES string of the molecule is Nc1ccccc1CCC(=O)N1CCCN(Cc2ccc(F)cc2)CC1. The quantitative estimate of drug-likeness (QED) is 0.839. The highest BCUT2D eigenvalue weighted by Gasteiger charge is 2.19. The van der Waals surface area contributed by atoms with E-state index in [0.717, 1.165) is 56.0 Å². The van der Waals surface area contributed by atoms with Crippen LogP contribution >= 0.6 is 0 Å². The Morgan fingerprint density at radius 1 is 1.00 bits per heavy atom. The van der Waals surface area contributed by atoms with Gasteiger partial charge in [-0.15, -0.1) is 0 Å². The van der Waals surface area contributed by atoms with Gasteiger partial charge in [-0.3, -0.25) is 9.69 Å². The van der Waals surface area contributed by atoms with E-state index in [-0.39, 0.29) is 11.7 Å². The fraction of sp³-hybridized carbons (Fsp3) is 0.381. The number of carbonyl (C=O) groups is 1. The predicted molar refractivity (Wildman–Crippen MR) is 102 cm³/mol. The molecule has 1 heterocycles. The maximum absolute atomic E-state index is 13.0. The number of hydrogen-bond donors (Lipinski definition) is 1. The summed E-state index contributed by atoms with van der Waals surface area (Å²) in [6, 6.07) is 14.4. The molecule has 0 aliphatic carbocycles. The van der Waals surface area contributed by atoms with Crippen molar-refractivity contribution in [1.29, 1.82) is 0 Å². The first-order chi connectivity index (χ1) is 12.6. The monoisotopic (exact) mass is 355 g/mol. The molecular weight excluding hydrogens is 329 g/mol. The first kappa shape index (κ1) is 18.4. The standard InChI is InChI=1S/C21H26FN3O/c22-19-9-6-17(7-10-19)16-24-12-3-13-25(15-14-24)21(26)11-8-18-4-1-2-5-20(18)23/h1-2,4-7,9-10H,3,8,11-16,23H2. The lowest BCUT2D eigenvalue weighted by molar-refractivity contribution is -0.131. The summed E-state index contributed by atoms with van der Waals surface area (Å²) in [6.07, 6.45) is 2.13. The number of hydrogen-bond acceptors (Lipinski definition) is 3. The van der Waals surface area contributed by atoms with Gasteiger partial charge < -0.3 is 10.6 Å². The molecule has 2 aromatic rings. The van der Waals surface area contributed by atoms with E-state index < -0.39 is 0 Å². The van der Waals surface area contributed by atoms with Gasteiger partial charge in [0.2, 0.25) is 5.91 Å². The molecule has 1 saturated heterocycles. The summed E-state index contributed by atoms with van der Waals surface area (Å²) in [6.45, 7) is 4.12. The summed E-state index contributed by atoms with van der Waals surface area (Å²) >= 11 is 0. The van der Waals surface area contributed by atoms with E-state index in [2.05, 4.69) is 4.90 Å². The molecule has 0 saturated carbocycles. The summed E-state index contributed by atoms with van der Waals surface area (Å²) in [4.78, 5) is 16.9. The van der Waals surface area contributed by atoms with E-state index in [1.54, 1.807) is 0 Å². The van der Waals surface area contributed by atoms with Crippen LogP contribution in [0.3, 0.4) is 0 Å². The van der Waals surface area contributed by atoms with Crippen molar-refractivity contribution in [2.45, 2.75) is 25.8 Å². The van der Waals surface area contributed by atoms with Crippen LogP contribution in [0.2, 0.25) is 0 Å². The lowest BCUT2D eigenvalue weighted by Gasteiger charge is -2.22. The van der Waals surface area contributed by atoms with Crippen LogP contribution in [0.1, 0.15) is 24.0 Å². The molecule has 0 unspecified atom stereocenters. The fourth-order valence-electron chi connectivity index (χ4n) is 3.39. The summed E-state index contributed by atoms with van der Waals surface area (Å²) in [5, 5.41) is 0. The smallest absolute Gasteiger partial charge is 0.222 e. The molecule has 0 bridgehead atoms. The van der Waals surface area contributed by atoms with E-state index in [4.69, 9.17) is 5.73 Å². The van der Waals surface area contributed by atoms with Crippen molar-refractivity contribution in [3.05, 3.63) is 65.5 Å². The average molecular weight is 355 g/mol. The lowest BCUT2D eigenvalue weighted by Crippen LogP contribution is -2.35. The lowest BCUT2D eigenvalue weighted by atomic mass is 10.1. The van der Waals surface area contributed by atoms with Crippen molar-refractivity contribution in [3.63, 3.8) is 0 Å². The zero-order valence-electron chi connectivity index (χ0n) is 15.0. The van der Waals surface area contributed by atoms with Crippen molar-refractivity contribution in [1.82, 2.24) is 9.80 Å².